The molecule has 0 radical (unpaired) electrons. The molecule has 2 atom stereocenters. The number of ether oxygens (including phenoxy) is 1. The van der Waals surface area contributed by atoms with Crippen molar-refractivity contribution in [3.63, 3.8) is 0 Å². The van der Waals surface area contributed by atoms with Gasteiger partial charge in [-0.15, -0.1) is 0 Å². The minimum atomic E-state index is -0.203. The quantitative estimate of drug-likeness (QED) is 0.777. The summed E-state index contributed by atoms with van der Waals surface area (Å²) in [4.78, 5) is 0. The van der Waals surface area contributed by atoms with Crippen molar-refractivity contribution in [2.24, 2.45) is 5.92 Å². The van der Waals surface area contributed by atoms with Crippen LogP contribution in [0.25, 0.3) is 0 Å². The van der Waals surface area contributed by atoms with Crippen molar-refractivity contribution in [3.8, 4) is 0 Å². The molecule has 1 saturated carbocycles. The normalized spacial score (nSPS) is 23.3. The van der Waals surface area contributed by atoms with Crippen LogP contribution in [-0.2, 0) is 4.74 Å². The molecule has 2 unspecified atom stereocenters. The van der Waals surface area contributed by atoms with Gasteiger partial charge in [-0.25, -0.2) is 4.39 Å². The molecule has 1 aliphatic rings. The lowest BCUT2D eigenvalue weighted by molar-refractivity contribution is 0.0181. The second-order valence-electron chi connectivity index (χ2n) is 5.34. The van der Waals surface area contributed by atoms with Crippen LogP contribution in [0.5, 0.6) is 0 Å². The number of rotatable bonds is 6. The first kappa shape index (κ1) is 14.3. The van der Waals surface area contributed by atoms with Gasteiger partial charge in [0.25, 0.3) is 0 Å². The van der Waals surface area contributed by atoms with Crippen molar-refractivity contribution >= 4 is 5.69 Å². The van der Waals surface area contributed by atoms with Crippen LogP contribution >= 0.6 is 0 Å². The minimum Gasteiger partial charge on any atom is -0.380 e. The van der Waals surface area contributed by atoms with Crippen LogP contribution in [0.15, 0.2) is 24.3 Å². The van der Waals surface area contributed by atoms with Crippen LogP contribution < -0.4 is 5.32 Å². The maximum atomic E-state index is 13.4. The van der Waals surface area contributed by atoms with Gasteiger partial charge in [0.2, 0.25) is 0 Å². The van der Waals surface area contributed by atoms with E-state index in [4.69, 9.17) is 4.74 Å². The van der Waals surface area contributed by atoms with Gasteiger partial charge in [-0.1, -0.05) is 38.3 Å². The highest BCUT2D eigenvalue weighted by Gasteiger charge is 2.20. The number of hydrogen-bond donors (Lipinski definition) is 1. The molecule has 0 saturated heterocycles. The van der Waals surface area contributed by atoms with Gasteiger partial charge >= 0.3 is 0 Å². The largest absolute Gasteiger partial charge is 0.380 e. The number of anilines is 1. The molecule has 1 aromatic rings. The van der Waals surface area contributed by atoms with Crippen LogP contribution in [-0.4, -0.2) is 19.3 Å². The van der Waals surface area contributed by atoms with Gasteiger partial charge in [-0.3, -0.25) is 0 Å². The molecule has 0 aromatic heterocycles. The van der Waals surface area contributed by atoms with Gasteiger partial charge in [0.05, 0.1) is 18.4 Å². The fraction of sp³-hybridized carbons (Fsp3) is 0.625. The van der Waals surface area contributed by atoms with Crippen molar-refractivity contribution in [2.45, 2.75) is 45.1 Å². The second kappa shape index (κ2) is 7.49. The SMILES string of the molecule is CCC1CCCC(OCCNc2ccccc2F)C1. The van der Waals surface area contributed by atoms with E-state index in [0.717, 1.165) is 5.92 Å². The molecular formula is C16H24FNO. The molecule has 106 valence electrons. The third-order valence-corrected chi connectivity index (χ3v) is 3.96. The fourth-order valence-electron chi connectivity index (χ4n) is 2.78. The topological polar surface area (TPSA) is 21.3 Å². The molecule has 1 N–H and O–H groups in total. The molecule has 3 heteroatoms. The summed E-state index contributed by atoms with van der Waals surface area (Å²) in [5, 5.41) is 3.08. The lowest BCUT2D eigenvalue weighted by Crippen LogP contribution is -2.25. The van der Waals surface area contributed by atoms with Gasteiger partial charge < -0.3 is 10.1 Å². The molecule has 2 rings (SSSR count). The minimum absolute atomic E-state index is 0.203. The van der Waals surface area contributed by atoms with Crippen molar-refractivity contribution in [2.75, 3.05) is 18.5 Å². The van der Waals surface area contributed by atoms with Crippen molar-refractivity contribution in [3.05, 3.63) is 30.1 Å². The average molecular weight is 265 g/mol. The molecule has 0 spiro atoms. The second-order valence-corrected chi connectivity index (χ2v) is 5.34. The van der Waals surface area contributed by atoms with E-state index in [-0.39, 0.29) is 5.82 Å². The third-order valence-electron chi connectivity index (χ3n) is 3.96. The monoisotopic (exact) mass is 265 g/mol. The maximum Gasteiger partial charge on any atom is 0.146 e. The number of nitrogens with one attached hydrogen (secondary N) is 1. The highest BCUT2D eigenvalue weighted by atomic mass is 19.1. The van der Waals surface area contributed by atoms with Gasteiger partial charge in [-0.05, 0) is 30.9 Å². The highest BCUT2D eigenvalue weighted by molar-refractivity contribution is 5.44. The summed E-state index contributed by atoms with van der Waals surface area (Å²) < 4.78 is 19.3. The molecule has 0 bridgehead atoms. The Morgan fingerprint density at radius 1 is 1.32 bits per heavy atom. The Hall–Kier alpha value is -1.09. The molecule has 2 nitrogen and oxygen atoms in total. The van der Waals surface area contributed by atoms with E-state index in [0.29, 0.717) is 24.9 Å². The fourth-order valence-corrected chi connectivity index (χ4v) is 2.78. The first-order valence-corrected chi connectivity index (χ1v) is 7.39. The summed E-state index contributed by atoms with van der Waals surface area (Å²) in [5.41, 5.74) is 0.557. The zero-order chi connectivity index (χ0) is 13.5. The Morgan fingerprint density at radius 3 is 2.95 bits per heavy atom. The van der Waals surface area contributed by atoms with Gasteiger partial charge in [0, 0.05) is 6.54 Å². The van der Waals surface area contributed by atoms with Gasteiger partial charge in [-0.2, -0.15) is 0 Å². The first-order chi connectivity index (χ1) is 9.29. The smallest absolute Gasteiger partial charge is 0.146 e. The first-order valence-electron chi connectivity index (χ1n) is 7.39. The highest BCUT2D eigenvalue weighted by Crippen LogP contribution is 2.28. The summed E-state index contributed by atoms with van der Waals surface area (Å²) in [6.45, 7) is 3.57. The van der Waals surface area contributed by atoms with Crippen molar-refractivity contribution in [1.29, 1.82) is 0 Å². The Bertz CT molecular complexity index is 383. The van der Waals surface area contributed by atoms with E-state index in [2.05, 4.69) is 12.2 Å². The molecule has 1 aromatic carbocycles. The lowest BCUT2D eigenvalue weighted by atomic mass is 9.85. The Morgan fingerprint density at radius 2 is 2.16 bits per heavy atom. The van der Waals surface area contributed by atoms with E-state index in [9.17, 15) is 4.39 Å². The van der Waals surface area contributed by atoms with E-state index in [1.54, 1.807) is 12.1 Å². The van der Waals surface area contributed by atoms with E-state index in [1.165, 1.54) is 38.2 Å². The van der Waals surface area contributed by atoms with E-state index >= 15 is 0 Å². The van der Waals surface area contributed by atoms with Crippen LogP contribution in [0.3, 0.4) is 0 Å². The lowest BCUT2D eigenvalue weighted by Gasteiger charge is -2.28. The maximum absolute atomic E-state index is 13.4. The molecule has 0 aliphatic heterocycles. The third kappa shape index (κ3) is 4.50. The summed E-state index contributed by atoms with van der Waals surface area (Å²) >= 11 is 0. The number of para-hydroxylation sites is 1. The molecule has 0 amide bonds. The van der Waals surface area contributed by atoms with Crippen LogP contribution in [0, 0.1) is 11.7 Å². The number of hydrogen-bond acceptors (Lipinski definition) is 2. The molecule has 19 heavy (non-hydrogen) atoms. The summed E-state index contributed by atoms with van der Waals surface area (Å²) in [6, 6.07) is 6.75. The number of benzene rings is 1. The predicted molar refractivity (Wildman–Crippen MR) is 76.9 cm³/mol. The van der Waals surface area contributed by atoms with Crippen LogP contribution in [0.4, 0.5) is 10.1 Å². The summed E-state index contributed by atoms with van der Waals surface area (Å²) in [6.07, 6.45) is 6.66. The Balaban J connectivity index is 1.65. The summed E-state index contributed by atoms with van der Waals surface area (Å²) in [5.74, 6) is 0.629. The molecular weight excluding hydrogens is 241 g/mol. The van der Waals surface area contributed by atoms with E-state index in [1.807, 2.05) is 6.07 Å². The predicted octanol–water partition coefficient (Wildman–Crippen LogP) is 4.22. The Labute approximate surface area is 115 Å². The van der Waals surface area contributed by atoms with Gasteiger partial charge in [0.15, 0.2) is 0 Å². The van der Waals surface area contributed by atoms with Crippen molar-refractivity contribution in [1.82, 2.24) is 0 Å². The average Bonchev–Trinajstić information content (AvgIpc) is 2.45. The number of halogens is 1. The molecule has 0 heterocycles. The Kier molecular flexibility index (Phi) is 5.64. The zero-order valence-corrected chi connectivity index (χ0v) is 11.7. The van der Waals surface area contributed by atoms with Crippen LogP contribution in [0.1, 0.15) is 39.0 Å². The zero-order valence-electron chi connectivity index (χ0n) is 11.7. The molecule has 1 fully saturated rings. The van der Waals surface area contributed by atoms with E-state index < -0.39 is 0 Å². The van der Waals surface area contributed by atoms with Crippen LogP contribution in [0.2, 0.25) is 0 Å². The van der Waals surface area contributed by atoms with Crippen molar-refractivity contribution < 1.29 is 9.13 Å². The summed E-state index contributed by atoms with van der Waals surface area (Å²) in [7, 11) is 0. The molecule has 1 aliphatic carbocycles. The standard InChI is InChI=1S/C16H24FNO/c1-2-13-6-5-7-14(12-13)19-11-10-18-16-9-4-3-8-15(16)17/h3-4,8-9,13-14,18H,2,5-7,10-12H2,1H3. The van der Waals surface area contributed by atoms with Gasteiger partial charge in [0.1, 0.15) is 5.82 Å².